The smallest absolute Gasteiger partial charge is 0.341 e. The summed E-state index contributed by atoms with van der Waals surface area (Å²) >= 11 is 0. The Morgan fingerprint density at radius 1 is 1.40 bits per heavy atom. The van der Waals surface area contributed by atoms with Gasteiger partial charge in [0, 0.05) is 38.9 Å². The summed E-state index contributed by atoms with van der Waals surface area (Å²) in [4.78, 5) is 18.5. The molecule has 2 aromatic rings. The monoisotopic (exact) mass is 529 g/mol. The van der Waals surface area contributed by atoms with Crippen LogP contribution < -0.4 is 10.1 Å². The maximum Gasteiger partial charge on any atom is 0.341 e. The van der Waals surface area contributed by atoms with Crippen LogP contribution in [-0.4, -0.2) is 67.6 Å². The maximum absolute atomic E-state index is 12.0. The number of benzene rings is 1. The highest BCUT2D eigenvalue weighted by Gasteiger charge is 2.25. The molecule has 3 rings (SSSR count). The zero-order valence-corrected chi connectivity index (χ0v) is 20.0. The summed E-state index contributed by atoms with van der Waals surface area (Å²) in [5.74, 6) is 0.829. The number of methoxy groups -OCH3 is 2. The number of ether oxygens (including phenoxy) is 3. The summed E-state index contributed by atoms with van der Waals surface area (Å²) in [5.41, 5.74) is 2.36. The van der Waals surface area contributed by atoms with Crippen LogP contribution >= 0.6 is 24.0 Å². The first-order valence-corrected chi connectivity index (χ1v) is 9.36. The largest absolute Gasteiger partial charge is 0.496 e. The van der Waals surface area contributed by atoms with Crippen molar-refractivity contribution < 1.29 is 19.0 Å². The van der Waals surface area contributed by atoms with Gasteiger partial charge < -0.3 is 24.4 Å². The molecule has 1 aromatic carbocycles. The average molecular weight is 529 g/mol. The highest BCUT2D eigenvalue weighted by Crippen LogP contribution is 2.23. The Bertz CT molecular complexity index is 886. The predicted molar refractivity (Wildman–Crippen MR) is 123 cm³/mol. The topological polar surface area (TPSA) is 90.2 Å². The Morgan fingerprint density at radius 2 is 2.20 bits per heavy atom. The standard InChI is InChI=1S/C20H27N5O4.HI/c1-21-20(25-7-8-29-18(13-25)15-11-23-24(2)12-15)22-10-14-5-6-17(27-3)16(9-14)19(26)28-4;/h5-6,9,11-12,18H,7-8,10,13H2,1-4H3,(H,21,22);1H. The van der Waals surface area contributed by atoms with Crippen LogP contribution in [-0.2, 0) is 23.1 Å². The summed E-state index contributed by atoms with van der Waals surface area (Å²) < 4.78 is 17.8. The van der Waals surface area contributed by atoms with Gasteiger partial charge in [0.05, 0.1) is 33.6 Å². The van der Waals surface area contributed by atoms with E-state index in [2.05, 4.69) is 20.3 Å². The molecular weight excluding hydrogens is 501 g/mol. The normalized spacial score (nSPS) is 16.6. The molecule has 9 nitrogen and oxygen atoms in total. The van der Waals surface area contributed by atoms with E-state index in [1.807, 2.05) is 25.5 Å². The van der Waals surface area contributed by atoms with Crippen LogP contribution in [0.5, 0.6) is 5.75 Å². The average Bonchev–Trinajstić information content (AvgIpc) is 3.20. The number of nitrogens with zero attached hydrogens (tertiary/aromatic N) is 4. The number of esters is 1. The fraction of sp³-hybridized carbons (Fsp3) is 0.450. The number of morpholine rings is 1. The first-order chi connectivity index (χ1) is 14.0. The Kier molecular flexibility index (Phi) is 8.90. The lowest BCUT2D eigenvalue weighted by atomic mass is 10.1. The molecule has 1 aliphatic rings. The van der Waals surface area contributed by atoms with Crippen LogP contribution in [0.4, 0.5) is 0 Å². The molecule has 1 saturated heterocycles. The first-order valence-electron chi connectivity index (χ1n) is 9.36. The summed E-state index contributed by atoms with van der Waals surface area (Å²) in [6, 6.07) is 5.44. The number of rotatable bonds is 5. The third kappa shape index (κ3) is 5.63. The predicted octanol–water partition coefficient (Wildman–Crippen LogP) is 1.98. The highest BCUT2D eigenvalue weighted by molar-refractivity contribution is 14.0. The number of aromatic nitrogens is 2. The Morgan fingerprint density at radius 3 is 2.83 bits per heavy atom. The number of carbonyl (C=O) groups excluding carboxylic acids is 1. The second kappa shape index (κ2) is 11.2. The Hall–Kier alpha value is -2.34. The minimum atomic E-state index is -0.430. The van der Waals surface area contributed by atoms with Crippen molar-refractivity contribution in [3.05, 3.63) is 47.3 Å². The van der Waals surface area contributed by atoms with Crippen molar-refractivity contribution in [2.75, 3.05) is 41.0 Å². The van der Waals surface area contributed by atoms with Crippen molar-refractivity contribution in [2.24, 2.45) is 12.0 Å². The molecule has 0 amide bonds. The number of hydrogen-bond donors (Lipinski definition) is 1. The molecule has 0 saturated carbocycles. The molecule has 0 bridgehead atoms. The molecule has 2 heterocycles. The Labute approximate surface area is 193 Å². The molecule has 1 aromatic heterocycles. The minimum Gasteiger partial charge on any atom is -0.496 e. The van der Waals surface area contributed by atoms with Crippen molar-refractivity contribution >= 4 is 35.9 Å². The fourth-order valence-electron chi connectivity index (χ4n) is 3.30. The van der Waals surface area contributed by atoms with E-state index >= 15 is 0 Å². The quantitative estimate of drug-likeness (QED) is 0.274. The molecule has 30 heavy (non-hydrogen) atoms. The highest BCUT2D eigenvalue weighted by atomic mass is 127. The van der Waals surface area contributed by atoms with E-state index in [4.69, 9.17) is 14.2 Å². The molecule has 0 radical (unpaired) electrons. The molecule has 1 fully saturated rings. The van der Waals surface area contributed by atoms with Gasteiger partial charge in [-0.1, -0.05) is 6.07 Å². The van der Waals surface area contributed by atoms with E-state index in [9.17, 15) is 4.79 Å². The number of aliphatic imine (C=N–C) groups is 1. The van der Waals surface area contributed by atoms with Gasteiger partial charge in [0.2, 0.25) is 0 Å². The maximum atomic E-state index is 12.0. The van der Waals surface area contributed by atoms with Crippen LogP contribution in [0.1, 0.15) is 27.6 Å². The van der Waals surface area contributed by atoms with E-state index in [0.717, 1.165) is 23.6 Å². The molecule has 1 N–H and O–H groups in total. The number of aryl methyl sites for hydroxylation is 1. The molecule has 164 valence electrons. The van der Waals surface area contributed by atoms with Crippen LogP contribution in [0.25, 0.3) is 0 Å². The van der Waals surface area contributed by atoms with Crippen LogP contribution in [0.2, 0.25) is 0 Å². The minimum absolute atomic E-state index is 0. The zero-order chi connectivity index (χ0) is 20.8. The number of hydrogen-bond acceptors (Lipinski definition) is 6. The molecule has 1 unspecified atom stereocenters. The van der Waals surface area contributed by atoms with Gasteiger partial charge >= 0.3 is 5.97 Å². The van der Waals surface area contributed by atoms with E-state index in [0.29, 0.717) is 31.0 Å². The number of guanidine groups is 1. The molecule has 10 heteroatoms. The molecule has 1 aliphatic heterocycles. The summed E-state index contributed by atoms with van der Waals surface area (Å²) in [6.07, 6.45) is 3.74. The molecule has 1 atom stereocenters. The van der Waals surface area contributed by atoms with Gasteiger partial charge in [0.15, 0.2) is 5.96 Å². The first kappa shape index (κ1) is 23.9. The van der Waals surface area contributed by atoms with Crippen molar-refractivity contribution in [1.82, 2.24) is 20.0 Å². The van der Waals surface area contributed by atoms with E-state index in [-0.39, 0.29) is 30.1 Å². The second-order valence-corrected chi connectivity index (χ2v) is 6.68. The van der Waals surface area contributed by atoms with Gasteiger partial charge in [-0.2, -0.15) is 5.10 Å². The van der Waals surface area contributed by atoms with E-state index < -0.39 is 5.97 Å². The lowest BCUT2D eigenvalue weighted by Gasteiger charge is -2.34. The SMILES string of the molecule is CN=C(NCc1ccc(OC)c(C(=O)OC)c1)N1CCOC(c2cnn(C)c2)C1.I. The third-order valence-corrected chi connectivity index (χ3v) is 4.79. The number of nitrogens with one attached hydrogen (secondary N) is 1. The van der Waals surface area contributed by atoms with Crippen molar-refractivity contribution in [2.45, 2.75) is 12.6 Å². The zero-order valence-electron chi connectivity index (χ0n) is 17.6. The second-order valence-electron chi connectivity index (χ2n) is 6.68. The lowest BCUT2D eigenvalue weighted by molar-refractivity contribution is -0.00805. The summed E-state index contributed by atoms with van der Waals surface area (Å²) in [7, 11) is 6.52. The van der Waals surface area contributed by atoms with Crippen LogP contribution in [0.15, 0.2) is 35.6 Å². The fourth-order valence-corrected chi connectivity index (χ4v) is 3.30. The van der Waals surface area contributed by atoms with Gasteiger partial charge in [0.1, 0.15) is 17.4 Å². The van der Waals surface area contributed by atoms with E-state index in [1.165, 1.54) is 14.2 Å². The summed E-state index contributed by atoms with van der Waals surface area (Å²) in [6.45, 7) is 2.54. The van der Waals surface area contributed by atoms with Gasteiger partial charge in [-0.3, -0.25) is 9.67 Å². The molecule has 0 spiro atoms. The Balaban J connectivity index is 0.00000320. The van der Waals surface area contributed by atoms with Gasteiger partial charge in [-0.25, -0.2) is 4.79 Å². The van der Waals surface area contributed by atoms with Crippen LogP contribution in [0, 0.1) is 0 Å². The third-order valence-electron chi connectivity index (χ3n) is 4.79. The van der Waals surface area contributed by atoms with E-state index in [1.54, 1.807) is 23.9 Å². The van der Waals surface area contributed by atoms with Gasteiger partial charge in [-0.15, -0.1) is 24.0 Å². The molecular formula is C20H28IN5O4. The van der Waals surface area contributed by atoms with Gasteiger partial charge in [0.25, 0.3) is 0 Å². The lowest BCUT2D eigenvalue weighted by Crippen LogP contribution is -2.47. The van der Waals surface area contributed by atoms with Crippen molar-refractivity contribution in [1.29, 1.82) is 0 Å². The number of halogens is 1. The number of carbonyl (C=O) groups is 1. The molecule has 0 aliphatic carbocycles. The summed E-state index contributed by atoms with van der Waals surface area (Å²) in [5, 5.41) is 7.59. The van der Waals surface area contributed by atoms with Crippen LogP contribution in [0.3, 0.4) is 0 Å². The van der Waals surface area contributed by atoms with Crippen molar-refractivity contribution in [3.63, 3.8) is 0 Å². The van der Waals surface area contributed by atoms with Gasteiger partial charge in [-0.05, 0) is 17.7 Å². The van der Waals surface area contributed by atoms with Crippen molar-refractivity contribution in [3.8, 4) is 5.75 Å².